The fourth-order valence-electron chi connectivity index (χ4n) is 0.871. The van der Waals surface area contributed by atoms with Gasteiger partial charge >= 0.3 is 5.69 Å². The predicted octanol–water partition coefficient (Wildman–Crippen LogP) is 1.79. The maximum atomic E-state index is 10.3. The summed E-state index contributed by atoms with van der Waals surface area (Å²) in [4.78, 5) is 9.67. The van der Waals surface area contributed by atoms with Gasteiger partial charge in [-0.1, -0.05) is 0 Å². The van der Waals surface area contributed by atoms with Crippen LogP contribution in [0.3, 0.4) is 0 Å². The van der Waals surface area contributed by atoms with Crippen LogP contribution in [0.5, 0.6) is 5.75 Å². The molecule has 0 unspecified atom stereocenters. The number of benzene rings is 1. The Kier molecular flexibility index (Phi) is 1.99. The van der Waals surface area contributed by atoms with Crippen molar-refractivity contribution in [2.24, 2.45) is 0 Å². The Morgan fingerprint density at radius 1 is 1.58 bits per heavy atom. The van der Waals surface area contributed by atoms with Crippen molar-refractivity contribution in [2.45, 2.75) is 6.92 Å². The summed E-state index contributed by atoms with van der Waals surface area (Å²) in [7, 11) is 0. The lowest BCUT2D eigenvalue weighted by atomic mass is 10.1. The van der Waals surface area contributed by atoms with Crippen LogP contribution >= 0.6 is 0 Å². The van der Waals surface area contributed by atoms with Crippen molar-refractivity contribution in [3.63, 3.8) is 0 Å². The monoisotopic (exact) mass is 166 g/mol. The number of hydrogen-bond acceptors (Lipinski definition) is 3. The van der Waals surface area contributed by atoms with Crippen LogP contribution in [0.25, 0.3) is 0 Å². The molecule has 0 aromatic heterocycles. The molecule has 1 aromatic rings. The van der Waals surface area contributed by atoms with E-state index in [2.05, 4.69) is 6.92 Å². The zero-order chi connectivity index (χ0) is 9.30. The zero-order valence-corrected chi connectivity index (χ0v) is 6.57. The highest BCUT2D eigenvalue weighted by atomic mass is 16.6. The van der Waals surface area contributed by atoms with Crippen molar-refractivity contribution in [1.82, 2.24) is 0 Å². The van der Waals surface area contributed by atoms with E-state index in [4.69, 9.17) is 5.11 Å². The number of rotatable bonds is 1. The minimum atomic E-state index is -0.635. The summed E-state index contributed by atoms with van der Waals surface area (Å²) in [5, 5.41) is 19.4. The molecule has 0 atom stereocenters. The third kappa shape index (κ3) is 1.37. The van der Waals surface area contributed by atoms with Crippen LogP contribution in [-0.2, 0) is 0 Å². The molecule has 1 N–H and O–H groups in total. The maximum Gasteiger partial charge on any atom is 0.310 e. The van der Waals surface area contributed by atoms with Crippen LogP contribution in [0.15, 0.2) is 12.1 Å². The van der Waals surface area contributed by atoms with E-state index in [-0.39, 0.29) is 11.4 Å². The third-order valence-corrected chi connectivity index (χ3v) is 1.63. The van der Waals surface area contributed by atoms with Gasteiger partial charge in [0.15, 0.2) is 5.75 Å². The van der Waals surface area contributed by atoms with E-state index in [1.54, 1.807) is 6.92 Å². The number of hydrogen-bond donors (Lipinski definition) is 1. The molecule has 0 amide bonds. The Hall–Kier alpha value is -1.58. The highest BCUT2D eigenvalue weighted by Gasteiger charge is 2.13. The minimum absolute atomic E-state index is 0.300. The van der Waals surface area contributed by atoms with Crippen molar-refractivity contribution in [1.29, 1.82) is 0 Å². The Morgan fingerprint density at radius 3 is 2.67 bits per heavy atom. The molecule has 1 radical (unpaired) electrons. The predicted molar refractivity (Wildman–Crippen MR) is 44.0 cm³/mol. The van der Waals surface area contributed by atoms with E-state index in [1.165, 1.54) is 12.1 Å². The van der Waals surface area contributed by atoms with Crippen molar-refractivity contribution >= 4 is 5.69 Å². The highest BCUT2D eigenvalue weighted by Crippen LogP contribution is 2.28. The molecular weight excluding hydrogens is 158 g/mol. The number of nitrogens with zero attached hydrogens (tertiary/aromatic N) is 1. The molecule has 1 aromatic carbocycles. The number of phenols is 1. The standard InChI is InChI=1S/C8H8NO3/c1-5-3-7(9(11)12)8(10)4-6(5)2/h3-4,10H,1H2,2H3. The summed E-state index contributed by atoms with van der Waals surface area (Å²) >= 11 is 0. The number of nitro groups is 1. The first-order valence-corrected chi connectivity index (χ1v) is 3.32. The van der Waals surface area contributed by atoms with Crippen LogP contribution in [0.4, 0.5) is 5.69 Å². The molecule has 0 aliphatic heterocycles. The maximum absolute atomic E-state index is 10.3. The summed E-state index contributed by atoms with van der Waals surface area (Å²) < 4.78 is 0. The smallest absolute Gasteiger partial charge is 0.310 e. The van der Waals surface area contributed by atoms with E-state index < -0.39 is 4.92 Å². The van der Waals surface area contributed by atoms with Gasteiger partial charge in [-0.2, -0.15) is 0 Å². The van der Waals surface area contributed by atoms with Crippen molar-refractivity contribution < 1.29 is 10.0 Å². The lowest BCUT2D eigenvalue weighted by Crippen LogP contribution is -1.90. The van der Waals surface area contributed by atoms with Crippen LogP contribution in [0, 0.1) is 24.0 Å². The van der Waals surface area contributed by atoms with Crippen molar-refractivity contribution in [3.8, 4) is 5.75 Å². The fraction of sp³-hybridized carbons (Fsp3) is 0.125. The first-order valence-electron chi connectivity index (χ1n) is 3.32. The lowest BCUT2D eigenvalue weighted by Gasteiger charge is -2.00. The van der Waals surface area contributed by atoms with Gasteiger partial charge in [0, 0.05) is 6.07 Å². The normalized spacial score (nSPS) is 9.83. The second kappa shape index (κ2) is 2.81. The number of aryl methyl sites for hydroxylation is 1. The van der Waals surface area contributed by atoms with Gasteiger partial charge in [-0.05, 0) is 31.0 Å². The van der Waals surface area contributed by atoms with E-state index in [9.17, 15) is 10.1 Å². The van der Waals surface area contributed by atoms with E-state index in [0.717, 1.165) is 5.56 Å². The number of aromatic hydroxyl groups is 1. The van der Waals surface area contributed by atoms with E-state index in [1.807, 2.05) is 0 Å². The zero-order valence-electron chi connectivity index (χ0n) is 6.57. The Labute approximate surface area is 69.6 Å². The molecule has 0 heterocycles. The summed E-state index contributed by atoms with van der Waals surface area (Å²) in [5.74, 6) is -0.315. The van der Waals surface area contributed by atoms with E-state index in [0.29, 0.717) is 5.56 Å². The number of phenolic OH excluding ortho intramolecular Hbond substituents is 1. The first kappa shape index (κ1) is 8.52. The van der Waals surface area contributed by atoms with Crippen LogP contribution in [-0.4, -0.2) is 10.0 Å². The van der Waals surface area contributed by atoms with Crippen LogP contribution < -0.4 is 0 Å². The molecule has 0 saturated heterocycles. The highest BCUT2D eigenvalue weighted by molar-refractivity contribution is 5.51. The molecule has 63 valence electrons. The number of nitro benzene ring substituents is 1. The van der Waals surface area contributed by atoms with Gasteiger partial charge in [0.1, 0.15) is 0 Å². The van der Waals surface area contributed by atoms with Gasteiger partial charge in [-0.3, -0.25) is 10.1 Å². The second-order valence-corrected chi connectivity index (χ2v) is 2.52. The summed E-state index contributed by atoms with van der Waals surface area (Å²) in [5.41, 5.74) is 0.989. The molecular formula is C8H8NO3. The molecule has 0 aliphatic carbocycles. The molecule has 1 rings (SSSR count). The molecule has 0 spiro atoms. The topological polar surface area (TPSA) is 63.4 Å². The molecule has 4 nitrogen and oxygen atoms in total. The van der Waals surface area contributed by atoms with Gasteiger partial charge in [-0.15, -0.1) is 0 Å². The minimum Gasteiger partial charge on any atom is -0.502 e. The quantitative estimate of drug-likeness (QED) is 0.511. The van der Waals surface area contributed by atoms with Crippen molar-refractivity contribution in [3.05, 3.63) is 40.3 Å². The molecule has 0 aliphatic rings. The summed E-state index contributed by atoms with van der Waals surface area (Å²) in [6, 6.07) is 2.59. The molecule has 0 bridgehead atoms. The molecule has 12 heavy (non-hydrogen) atoms. The second-order valence-electron chi connectivity index (χ2n) is 2.52. The Morgan fingerprint density at radius 2 is 2.17 bits per heavy atom. The summed E-state index contributed by atoms with van der Waals surface area (Å²) in [6.45, 7) is 5.32. The first-order chi connectivity index (χ1) is 5.52. The molecule has 4 heteroatoms. The van der Waals surface area contributed by atoms with Crippen molar-refractivity contribution in [2.75, 3.05) is 0 Å². The van der Waals surface area contributed by atoms with Crippen LogP contribution in [0.1, 0.15) is 11.1 Å². The average molecular weight is 166 g/mol. The largest absolute Gasteiger partial charge is 0.502 e. The fourth-order valence-corrected chi connectivity index (χ4v) is 0.871. The third-order valence-electron chi connectivity index (χ3n) is 1.63. The Bertz CT molecular complexity index is 333. The van der Waals surface area contributed by atoms with Crippen LogP contribution in [0.2, 0.25) is 0 Å². The average Bonchev–Trinajstić information content (AvgIpc) is 1.96. The van der Waals surface area contributed by atoms with Gasteiger partial charge < -0.3 is 5.11 Å². The van der Waals surface area contributed by atoms with Gasteiger partial charge in [0.2, 0.25) is 0 Å². The molecule has 0 fully saturated rings. The van der Waals surface area contributed by atoms with E-state index >= 15 is 0 Å². The summed E-state index contributed by atoms with van der Waals surface area (Å²) in [6.07, 6.45) is 0. The SMILES string of the molecule is [CH2]c1cc([N+](=O)[O-])c(O)cc1C. The van der Waals surface area contributed by atoms with Gasteiger partial charge in [0.05, 0.1) is 4.92 Å². The van der Waals surface area contributed by atoms with Gasteiger partial charge in [0.25, 0.3) is 0 Å². The molecule has 0 saturated carbocycles. The van der Waals surface area contributed by atoms with Gasteiger partial charge in [-0.25, -0.2) is 0 Å². The Balaban J connectivity index is 3.33. The lowest BCUT2D eigenvalue weighted by molar-refractivity contribution is -0.385.